The van der Waals surface area contributed by atoms with Crippen LogP contribution >= 0.6 is 0 Å². The van der Waals surface area contributed by atoms with Crippen LogP contribution in [0.2, 0.25) is 0 Å². The quantitative estimate of drug-likeness (QED) is 0.902. The molecule has 1 aliphatic heterocycles. The number of nitrogens with zero attached hydrogens (tertiary/aromatic N) is 5. The number of aromatic nitrogens is 5. The van der Waals surface area contributed by atoms with Gasteiger partial charge < -0.3 is 9.64 Å². The van der Waals surface area contributed by atoms with Crippen molar-refractivity contribution >= 4 is 5.91 Å². The van der Waals surface area contributed by atoms with E-state index in [1.54, 1.807) is 11.9 Å². The van der Waals surface area contributed by atoms with E-state index in [1.807, 2.05) is 27.7 Å². The number of hydrogen-bond acceptors (Lipinski definition) is 6. The second kappa shape index (κ2) is 6.87. The Hall–Kier alpha value is -2.35. The molecule has 3 heterocycles. The van der Waals surface area contributed by atoms with Gasteiger partial charge in [0.15, 0.2) is 5.82 Å². The van der Waals surface area contributed by atoms with Gasteiger partial charge in [0.25, 0.3) is 5.91 Å². The summed E-state index contributed by atoms with van der Waals surface area (Å²) in [7, 11) is 1.76. The molecule has 0 unspecified atom stereocenters. The molecule has 1 aliphatic rings. The van der Waals surface area contributed by atoms with Gasteiger partial charge in [0.1, 0.15) is 11.5 Å². The van der Waals surface area contributed by atoms with Crippen LogP contribution in [-0.2, 0) is 4.74 Å². The lowest BCUT2D eigenvalue weighted by Crippen LogP contribution is -2.37. The van der Waals surface area contributed by atoms with Gasteiger partial charge in [-0.05, 0) is 34.1 Å². The molecule has 1 amide bonds. The molecule has 3 rings (SSSR count). The summed E-state index contributed by atoms with van der Waals surface area (Å²) >= 11 is 0. The first-order chi connectivity index (χ1) is 11.9. The van der Waals surface area contributed by atoms with Crippen LogP contribution in [0, 0.1) is 27.7 Å². The number of aromatic amines is 1. The molecule has 0 spiro atoms. The van der Waals surface area contributed by atoms with Gasteiger partial charge in [0, 0.05) is 20.2 Å². The number of hydrogen-bond donors (Lipinski definition) is 1. The highest BCUT2D eigenvalue weighted by atomic mass is 16.5. The van der Waals surface area contributed by atoms with E-state index >= 15 is 0 Å². The molecule has 0 bridgehead atoms. The van der Waals surface area contributed by atoms with Crippen LogP contribution in [-0.4, -0.2) is 62.3 Å². The molecule has 2 aromatic rings. The van der Waals surface area contributed by atoms with E-state index in [1.165, 1.54) is 0 Å². The van der Waals surface area contributed by atoms with Crippen LogP contribution in [0.15, 0.2) is 0 Å². The highest BCUT2D eigenvalue weighted by molar-refractivity contribution is 5.93. The number of aryl methyl sites for hydroxylation is 4. The number of amides is 1. The number of nitrogens with one attached hydrogen (secondary N) is 1. The number of H-pyrrole nitrogens is 1. The van der Waals surface area contributed by atoms with Crippen molar-refractivity contribution in [1.82, 2.24) is 30.0 Å². The Morgan fingerprint density at radius 2 is 1.88 bits per heavy atom. The molecule has 134 valence electrons. The van der Waals surface area contributed by atoms with Crippen molar-refractivity contribution in [2.75, 3.05) is 20.2 Å². The second-order valence-electron chi connectivity index (χ2n) is 6.60. The summed E-state index contributed by atoms with van der Waals surface area (Å²) in [5, 5.41) is 7.12. The maximum Gasteiger partial charge on any atom is 0.274 e. The van der Waals surface area contributed by atoms with Crippen molar-refractivity contribution in [3.05, 3.63) is 34.4 Å². The summed E-state index contributed by atoms with van der Waals surface area (Å²) in [6, 6.07) is 0. The van der Waals surface area contributed by atoms with Gasteiger partial charge in [-0.15, -0.1) is 0 Å². The Morgan fingerprint density at radius 3 is 2.56 bits per heavy atom. The lowest BCUT2D eigenvalue weighted by molar-refractivity contribution is 0.0545. The minimum atomic E-state index is -0.145. The van der Waals surface area contributed by atoms with Crippen molar-refractivity contribution < 1.29 is 9.53 Å². The van der Waals surface area contributed by atoms with E-state index in [0.29, 0.717) is 24.5 Å². The average molecular weight is 344 g/mol. The van der Waals surface area contributed by atoms with Crippen LogP contribution in [0.3, 0.4) is 0 Å². The van der Waals surface area contributed by atoms with Crippen LogP contribution in [0.4, 0.5) is 0 Å². The lowest BCUT2D eigenvalue weighted by Gasteiger charge is -2.24. The zero-order valence-corrected chi connectivity index (χ0v) is 15.3. The van der Waals surface area contributed by atoms with Crippen LogP contribution in [0.25, 0.3) is 0 Å². The van der Waals surface area contributed by atoms with Crippen molar-refractivity contribution in [3.8, 4) is 0 Å². The van der Waals surface area contributed by atoms with E-state index in [9.17, 15) is 4.79 Å². The average Bonchev–Trinajstić information content (AvgIpc) is 3.18. The third-order valence-electron chi connectivity index (χ3n) is 4.64. The molecule has 0 aliphatic carbocycles. The molecular weight excluding hydrogens is 320 g/mol. The van der Waals surface area contributed by atoms with Gasteiger partial charge in [0.2, 0.25) is 0 Å². The van der Waals surface area contributed by atoms with Gasteiger partial charge in [0.05, 0.1) is 29.1 Å². The highest BCUT2D eigenvalue weighted by Gasteiger charge is 2.34. The molecule has 2 atom stereocenters. The first-order valence-electron chi connectivity index (χ1n) is 8.44. The van der Waals surface area contributed by atoms with Crippen LogP contribution < -0.4 is 0 Å². The fraction of sp³-hybridized carbons (Fsp3) is 0.588. The van der Waals surface area contributed by atoms with Crippen LogP contribution in [0.5, 0.6) is 0 Å². The molecule has 8 heteroatoms. The third kappa shape index (κ3) is 3.53. The minimum Gasteiger partial charge on any atom is -0.376 e. The number of carbonyl (C=O) groups is 1. The van der Waals surface area contributed by atoms with Crippen molar-refractivity contribution in [3.63, 3.8) is 0 Å². The van der Waals surface area contributed by atoms with Gasteiger partial charge in [-0.3, -0.25) is 14.9 Å². The molecule has 2 aromatic heterocycles. The van der Waals surface area contributed by atoms with Gasteiger partial charge in [-0.25, -0.2) is 9.97 Å². The molecular formula is C17H24N6O2. The van der Waals surface area contributed by atoms with Crippen LogP contribution in [0.1, 0.15) is 51.6 Å². The van der Waals surface area contributed by atoms with E-state index in [0.717, 1.165) is 29.5 Å². The zero-order valence-electron chi connectivity index (χ0n) is 15.3. The molecule has 1 saturated heterocycles. The maximum absolute atomic E-state index is 12.8. The maximum atomic E-state index is 12.8. The number of likely N-dealkylation sites (N-methyl/N-ethyl adjacent to an activating group) is 1. The Bertz CT molecular complexity index is 787. The lowest BCUT2D eigenvalue weighted by atomic mass is 10.0. The summed E-state index contributed by atoms with van der Waals surface area (Å²) in [5.74, 6) is 1.48. The summed E-state index contributed by atoms with van der Waals surface area (Å²) in [4.78, 5) is 27.7. The summed E-state index contributed by atoms with van der Waals surface area (Å²) in [5.41, 5.74) is 2.66. The highest BCUT2D eigenvalue weighted by Crippen LogP contribution is 2.29. The van der Waals surface area contributed by atoms with Crippen molar-refractivity contribution in [2.24, 2.45) is 0 Å². The Labute approximate surface area is 147 Å². The smallest absolute Gasteiger partial charge is 0.274 e. The number of rotatable bonds is 4. The zero-order chi connectivity index (χ0) is 18.1. The largest absolute Gasteiger partial charge is 0.376 e. The Kier molecular flexibility index (Phi) is 4.80. The first kappa shape index (κ1) is 17.5. The van der Waals surface area contributed by atoms with Gasteiger partial charge >= 0.3 is 0 Å². The SMILES string of the molecule is Cc1nc([C@@H]2CCO[C@@H]2CN(C)C(=O)c2nc(C)c(C)nc2C)n[nH]1. The fourth-order valence-electron chi connectivity index (χ4n) is 3.10. The predicted octanol–water partition coefficient (Wildman–Crippen LogP) is 1.47. The summed E-state index contributed by atoms with van der Waals surface area (Å²) in [6.07, 6.45) is 0.732. The number of ether oxygens (including phenoxy) is 1. The third-order valence-corrected chi connectivity index (χ3v) is 4.64. The topological polar surface area (TPSA) is 96.9 Å². The van der Waals surface area contributed by atoms with Crippen molar-refractivity contribution in [2.45, 2.75) is 46.1 Å². The number of carbonyl (C=O) groups excluding carboxylic acids is 1. The Morgan fingerprint density at radius 1 is 1.16 bits per heavy atom. The van der Waals surface area contributed by atoms with E-state index in [4.69, 9.17) is 4.74 Å². The van der Waals surface area contributed by atoms with Gasteiger partial charge in [-0.1, -0.05) is 0 Å². The van der Waals surface area contributed by atoms with E-state index in [-0.39, 0.29) is 17.9 Å². The summed E-state index contributed by atoms with van der Waals surface area (Å²) < 4.78 is 5.84. The first-order valence-corrected chi connectivity index (χ1v) is 8.44. The molecule has 25 heavy (non-hydrogen) atoms. The second-order valence-corrected chi connectivity index (χ2v) is 6.60. The van der Waals surface area contributed by atoms with Gasteiger partial charge in [-0.2, -0.15) is 5.10 Å². The fourth-order valence-corrected chi connectivity index (χ4v) is 3.10. The summed E-state index contributed by atoms with van der Waals surface area (Å²) in [6.45, 7) is 8.55. The standard InChI is InChI=1S/C17H24N6O2/c1-9-10(2)19-15(11(3)18-9)17(24)23(5)8-14-13(6-7-25-14)16-20-12(4)21-22-16/h13-14H,6-8H2,1-5H3,(H,20,21,22)/t13-,14-/m1/s1. The van der Waals surface area contributed by atoms with Crippen molar-refractivity contribution in [1.29, 1.82) is 0 Å². The predicted molar refractivity (Wildman–Crippen MR) is 91.4 cm³/mol. The molecule has 8 nitrogen and oxygen atoms in total. The molecule has 1 N–H and O–H groups in total. The Balaban J connectivity index is 1.74. The molecule has 0 radical (unpaired) electrons. The molecule has 1 fully saturated rings. The van der Waals surface area contributed by atoms with E-state index in [2.05, 4.69) is 25.1 Å². The minimum absolute atomic E-state index is 0.0899. The van der Waals surface area contributed by atoms with E-state index < -0.39 is 0 Å². The molecule has 0 saturated carbocycles. The molecule has 0 aromatic carbocycles. The normalized spacial score (nSPS) is 20.0. The monoisotopic (exact) mass is 344 g/mol.